The van der Waals surface area contributed by atoms with Gasteiger partial charge in [0.2, 0.25) is 0 Å². The number of hydrogen-bond acceptors (Lipinski definition) is 6. The summed E-state index contributed by atoms with van der Waals surface area (Å²) in [6.07, 6.45) is -2.18. The molecule has 1 heterocycles. The lowest BCUT2D eigenvalue weighted by Gasteiger charge is -2.36. The average molecular weight is 232 g/mol. The summed E-state index contributed by atoms with van der Waals surface area (Å²) in [5.74, 6) is -1.80. The third kappa shape index (κ3) is 3.55. The zero-order chi connectivity index (χ0) is 12.3. The van der Waals surface area contributed by atoms with E-state index in [4.69, 9.17) is 9.47 Å². The van der Waals surface area contributed by atoms with Crippen molar-refractivity contribution in [3.63, 3.8) is 0 Å². The SMILES string of the molecule is CC(=O)OC[C@H](O)[C@@H]1OC(C)(C)OCC1=O. The quantitative estimate of drug-likeness (QED) is 0.669. The molecule has 0 aromatic rings. The van der Waals surface area contributed by atoms with Crippen LogP contribution in [0, 0.1) is 0 Å². The highest BCUT2D eigenvalue weighted by molar-refractivity contribution is 5.85. The molecule has 0 unspecified atom stereocenters. The molecule has 1 saturated heterocycles. The summed E-state index contributed by atoms with van der Waals surface area (Å²) in [5.41, 5.74) is 0. The number of Topliss-reactive ketones (excluding diaryl/α,β-unsaturated/α-hetero) is 1. The van der Waals surface area contributed by atoms with Gasteiger partial charge < -0.3 is 19.3 Å². The number of carbonyl (C=O) groups is 2. The Morgan fingerprint density at radius 2 is 2.31 bits per heavy atom. The Labute approximate surface area is 93.5 Å². The second-order valence-corrected chi connectivity index (χ2v) is 4.06. The topological polar surface area (TPSA) is 82.1 Å². The van der Waals surface area contributed by atoms with Gasteiger partial charge in [-0.25, -0.2) is 0 Å². The average Bonchev–Trinajstić information content (AvgIpc) is 2.18. The lowest BCUT2D eigenvalue weighted by atomic mass is 10.1. The Hall–Kier alpha value is -0.980. The first kappa shape index (κ1) is 13.1. The van der Waals surface area contributed by atoms with Crippen molar-refractivity contribution in [3.8, 4) is 0 Å². The third-order valence-corrected chi connectivity index (χ3v) is 2.10. The maximum absolute atomic E-state index is 11.4. The molecule has 0 aliphatic carbocycles. The number of aliphatic hydroxyl groups excluding tert-OH is 1. The molecule has 1 aliphatic heterocycles. The summed E-state index contributed by atoms with van der Waals surface area (Å²) in [6.45, 7) is 4.13. The van der Waals surface area contributed by atoms with Crippen LogP contribution in [0.2, 0.25) is 0 Å². The van der Waals surface area contributed by atoms with Crippen LogP contribution in [-0.4, -0.2) is 48.1 Å². The summed E-state index contributed by atoms with van der Waals surface area (Å²) in [6, 6.07) is 0. The second-order valence-electron chi connectivity index (χ2n) is 4.06. The molecule has 0 bridgehead atoms. The molecular formula is C10H16O6. The summed E-state index contributed by atoms with van der Waals surface area (Å²) in [7, 11) is 0. The van der Waals surface area contributed by atoms with E-state index in [1.165, 1.54) is 6.92 Å². The first-order chi connectivity index (χ1) is 7.32. The van der Waals surface area contributed by atoms with E-state index < -0.39 is 24.0 Å². The van der Waals surface area contributed by atoms with E-state index in [1.807, 2.05) is 0 Å². The highest BCUT2D eigenvalue weighted by Gasteiger charge is 2.39. The maximum Gasteiger partial charge on any atom is 0.302 e. The Morgan fingerprint density at radius 3 is 2.88 bits per heavy atom. The smallest absolute Gasteiger partial charge is 0.302 e. The standard InChI is InChI=1S/C10H16O6/c1-6(11)14-4-7(12)9-8(13)5-15-10(2,3)16-9/h7,9,12H,4-5H2,1-3H3/t7-,9-/m0/s1. The number of rotatable bonds is 3. The van der Waals surface area contributed by atoms with Crippen LogP contribution >= 0.6 is 0 Å². The zero-order valence-electron chi connectivity index (χ0n) is 9.56. The number of carbonyl (C=O) groups excluding carboxylic acids is 2. The highest BCUT2D eigenvalue weighted by atomic mass is 16.7. The van der Waals surface area contributed by atoms with Crippen LogP contribution in [0.5, 0.6) is 0 Å². The van der Waals surface area contributed by atoms with Crippen molar-refractivity contribution >= 4 is 11.8 Å². The van der Waals surface area contributed by atoms with E-state index in [1.54, 1.807) is 13.8 Å². The highest BCUT2D eigenvalue weighted by Crippen LogP contribution is 2.22. The van der Waals surface area contributed by atoms with Crippen molar-refractivity contribution in [2.24, 2.45) is 0 Å². The van der Waals surface area contributed by atoms with Crippen LogP contribution in [0.15, 0.2) is 0 Å². The number of aliphatic hydroxyl groups is 1. The third-order valence-electron chi connectivity index (χ3n) is 2.10. The van der Waals surface area contributed by atoms with Gasteiger partial charge in [-0.3, -0.25) is 9.59 Å². The molecule has 0 aromatic heterocycles. The van der Waals surface area contributed by atoms with Gasteiger partial charge in [-0.2, -0.15) is 0 Å². The Morgan fingerprint density at radius 1 is 1.69 bits per heavy atom. The fourth-order valence-electron chi connectivity index (χ4n) is 1.32. The van der Waals surface area contributed by atoms with Crippen LogP contribution in [0.1, 0.15) is 20.8 Å². The summed E-state index contributed by atoms with van der Waals surface area (Å²) in [4.78, 5) is 22.0. The minimum Gasteiger partial charge on any atom is -0.463 e. The van der Waals surface area contributed by atoms with Gasteiger partial charge in [0.25, 0.3) is 0 Å². The fourth-order valence-corrected chi connectivity index (χ4v) is 1.32. The predicted molar refractivity (Wildman–Crippen MR) is 52.6 cm³/mol. The van der Waals surface area contributed by atoms with Gasteiger partial charge in [-0.05, 0) is 13.8 Å². The van der Waals surface area contributed by atoms with Crippen LogP contribution < -0.4 is 0 Å². The number of ether oxygens (including phenoxy) is 3. The summed E-state index contributed by atoms with van der Waals surface area (Å²) < 4.78 is 15.0. The van der Waals surface area contributed by atoms with Gasteiger partial charge in [0.1, 0.15) is 19.3 Å². The lowest BCUT2D eigenvalue weighted by Crippen LogP contribution is -2.52. The number of esters is 1. The van der Waals surface area contributed by atoms with Gasteiger partial charge >= 0.3 is 5.97 Å². The van der Waals surface area contributed by atoms with E-state index in [-0.39, 0.29) is 19.0 Å². The van der Waals surface area contributed by atoms with Crippen molar-refractivity contribution in [3.05, 3.63) is 0 Å². The van der Waals surface area contributed by atoms with Gasteiger partial charge in [0.15, 0.2) is 17.7 Å². The van der Waals surface area contributed by atoms with Crippen LogP contribution in [0.25, 0.3) is 0 Å². The monoisotopic (exact) mass is 232 g/mol. The molecule has 0 spiro atoms. The molecule has 1 aliphatic rings. The van der Waals surface area contributed by atoms with Crippen molar-refractivity contribution in [2.75, 3.05) is 13.2 Å². The van der Waals surface area contributed by atoms with Gasteiger partial charge in [-0.15, -0.1) is 0 Å². The second kappa shape index (κ2) is 4.90. The minimum atomic E-state index is -1.17. The Kier molecular flexibility index (Phi) is 4.01. The first-order valence-electron chi connectivity index (χ1n) is 4.98. The molecule has 0 amide bonds. The van der Waals surface area contributed by atoms with E-state index in [9.17, 15) is 14.7 Å². The Bertz CT molecular complexity index is 285. The molecule has 92 valence electrons. The van der Waals surface area contributed by atoms with Crippen LogP contribution in [-0.2, 0) is 23.8 Å². The normalized spacial score (nSPS) is 26.2. The summed E-state index contributed by atoms with van der Waals surface area (Å²) in [5, 5.41) is 9.65. The van der Waals surface area contributed by atoms with Crippen molar-refractivity contribution < 1.29 is 28.9 Å². The predicted octanol–water partition coefficient (Wildman–Crippen LogP) is -0.369. The largest absolute Gasteiger partial charge is 0.463 e. The molecule has 1 rings (SSSR count). The zero-order valence-corrected chi connectivity index (χ0v) is 9.56. The lowest BCUT2D eigenvalue weighted by molar-refractivity contribution is -0.272. The van der Waals surface area contributed by atoms with Crippen LogP contribution in [0.4, 0.5) is 0 Å². The van der Waals surface area contributed by atoms with Gasteiger partial charge in [-0.1, -0.05) is 0 Å². The number of hydrogen-bond donors (Lipinski definition) is 1. The van der Waals surface area contributed by atoms with Crippen molar-refractivity contribution in [1.29, 1.82) is 0 Å². The first-order valence-corrected chi connectivity index (χ1v) is 4.98. The molecule has 16 heavy (non-hydrogen) atoms. The molecule has 1 fully saturated rings. The Balaban J connectivity index is 2.55. The number of ketones is 1. The maximum atomic E-state index is 11.4. The van der Waals surface area contributed by atoms with E-state index in [2.05, 4.69) is 4.74 Å². The van der Waals surface area contributed by atoms with Crippen LogP contribution in [0.3, 0.4) is 0 Å². The molecule has 2 atom stereocenters. The molecular weight excluding hydrogens is 216 g/mol. The fraction of sp³-hybridized carbons (Fsp3) is 0.800. The van der Waals surface area contributed by atoms with Gasteiger partial charge in [0.05, 0.1) is 0 Å². The molecule has 0 saturated carbocycles. The molecule has 0 aromatic carbocycles. The molecule has 6 nitrogen and oxygen atoms in total. The van der Waals surface area contributed by atoms with Crippen molar-refractivity contribution in [2.45, 2.75) is 38.8 Å². The summed E-state index contributed by atoms with van der Waals surface area (Å²) >= 11 is 0. The van der Waals surface area contributed by atoms with E-state index >= 15 is 0 Å². The molecule has 0 radical (unpaired) electrons. The van der Waals surface area contributed by atoms with Gasteiger partial charge in [0, 0.05) is 6.92 Å². The molecule has 6 heteroatoms. The minimum absolute atomic E-state index is 0.116. The van der Waals surface area contributed by atoms with E-state index in [0.29, 0.717) is 0 Å². The van der Waals surface area contributed by atoms with Crippen molar-refractivity contribution in [1.82, 2.24) is 0 Å². The van der Waals surface area contributed by atoms with E-state index in [0.717, 1.165) is 0 Å². The molecule has 1 N–H and O–H groups in total.